The first kappa shape index (κ1) is 19.5. The highest BCUT2D eigenvalue weighted by atomic mass is 16.3. The third-order valence-corrected chi connectivity index (χ3v) is 3.95. The second kappa shape index (κ2) is 7.59. The van der Waals surface area contributed by atoms with Gasteiger partial charge in [-0.1, -0.05) is 0 Å². The Labute approximate surface area is 151 Å². The van der Waals surface area contributed by atoms with Gasteiger partial charge in [0.25, 0.3) is 0 Å². The van der Waals surface area contributed by atoms with Crippen molar-refractivity contribution in [3.05, 3.63) is 35.4 Å². The minimum Gasteiger partial charge on any atom is -0.508 e. The zero-order chi connectivity index (χ0) is 19.5. The van der Waals surface area contributed by atoms with Crippen molar-refractivity contribution in [3.8, 4) is 34.5 Å². The van der Waals surface area contributed by atoms with Crippen LogP contribution in [0, 0.1) is 0 Å². The molecular weight excluding hydrogens is 340 g/mol. The van der Waals surface area contributed by atoms with Crippen LogP contribution < -0.4 is 10.6 Å². The first-order valence-corrected chi connectivity index (χ1v) is 8.02. The van der Waals surface area contributed by atoms with Gasteiger partial charge in [-0.05, 0) is 26.0 Å². The summed E-state index contributed by atoms with van der Waals surface area (Å²) in [5.41, 5.74) is 0.266. The van der Waals surface area contributed by atoms with Crippen molar-refractivity contribution in [1.29, 1.82) is 0 Å². The van der Waals surface area contributed by atoms with Gasteiger partial charge in [0, 0.05) is 48.4 Å². The van der Waals surface area contributed by atoms with Crippen molar-refractivity contribution in [2.75, 3.05) is 6.54 Å². The molecule has 0 spiro atoms. The molecule has 8 N–H and O–H groups in total. The second-order valence-corrected chi connectivity index (χ2v) is 6.79. The molecule has 8 heteroatoms. The molecule has 2 rings (SSSR count). The van der Waals surface area contributed by atoms with Crippen molar-refractivity contribution in [2.24, 2.45) is 0 Å². The van der Waals surface area contributed by atoms with Crippen molar-refractivity contribution in [1.82, 2.24) is 10.6 Å². The highest BCUT2D eigenvalue weighted by Crippen LogP contribution is 2.34. The van der Waals surface area contributed by atoms with Gasteiger partial charge < -0.3 is 41.3 Å². The maximum atomic E-state index is 9.83. The summed E-state index contributed by atoms with van der Waals surface area (Å²) in [5.74, 6) is -1.66. The molecule has 0 unspecified atom stereocenters. The zero-order valence-corrected chi connectivity index (χ0v) is 14.6. The van der Waals surface area contributed by atoms with E-state index in [4.69, 9.17) is 0 Å². The molecule has 0 radical (unpaired) electrons. The molecule has 0 bridgehead atoms. The molecule has 26 heavy (non-hydrogen) atoms. The molecule has 2 aromatic carbocycles. The smallest absolute Gasteiger partial charge is 0.162 e. The van der Waals surface area contributed by atoms with Crippen LogP contribution in [0.25, 0.3) is 0 Å². The summed E-state index contributed by atoms with van der Waals surface area (Å²) in [7, 11) is 0. The molecule has 0 saturated heterocycles. The number of aromatic hydroxyl groups is 6. The number of phenolic OH excluding ortho intramolecular Hbond substituents is 6. The van der Waals surface area contributed by atoms with Gasteiger partial charge in [-0.25, -0.2) is 0 Å². The monoisotopic (exact) mass is 364 g/mol. The number of rotatable bonds is 7. The molecule has 0 atom stereocenters. The van der Waals surface area contributed by atoms with Gasteiger partial charge in [0.15, 0.2) is 23.0 Å². The van der Waals surface area contributed by atoms with Crippen LogP contribution >= 0.6 is 0 Å². The van der Waals surface area contributed by atoms with Crippen LogP contribution in [-0.4, -0.2) is 42.7 Å². The fourth-order valence-electron chi connectivity index (χ4n) is 2.50. The van der Waals surface area contributed by atoms with Crippen molar-refractivity contribution >= 4 is 0 Å². The van der Waals surface area contributed by atoms with Gasteiger partial charge in [-0.15, -0.1) is 0 Å². The number of hydrogen-bond donors (Lipinski definition) is 8. The van der Waals surface area contributed by atoms with E-state index in [2.05, 4.69) is 10.6 Å². The van der Waals surface area contributed by atoms with Gasteiger partial charge in [-0.2, -0.15) is 0 Å². The zero-order valence-electron chi connectivity index (χ0n) is 14.6. The predicted molar refractivity (Wildman–Crippen MR) is 95.5 cm³/mol. The number of nitrogens with one attached hydrogen (secondary N) is 2. The molecule has 0 aromatic heterocycles. The van der Waals surface area contributed by atoms with Gasteiger partial charge in [0.05, 0.1) is 0 Å². The molecule has 0 aliphatic heterocycles. The van der Waals surface area contributed by atoms with Crippen molar-refractivity contribution < 1.29 is 30.6 Å². The van der Waals surface area contributed by atoms with Gasteiger partial charge >= 0.3 is 0 Å². The van der Waals surface area contributed by atoms with Crippen LogP contribution in [0.3, 0.4) is 0 Å². The minimum absolute atomic E-state index is 0.145. The van der Waals surface area contributed by atoms with Crippen LogP contribution in [0.1, 0.15) is 25.0 Å². The quantitative estimate of drug-likeness (QED) is 0.273. The largest absolute Gasteiger partial charge is 0.508 e. The maximum Gasteiger partial charge on any atom is 0.162 e. The van der Waals surface area contributed by atoms with E-state index < -0.39 is 17.0 Å². The van der Waals surface area contributed by atoms with Crippen LogP contribution in [0.4, 0.5) is 0 Å². The normalized spacial score (nSPS) is 11.6. The molecule has 0 saturated carbocycles. The summed E-state index contributed by atoms with van der Waals surface area (Å²) in [6.07, 6.45) is 0. The number of benzene rings is 2. The third-order valence-electron chi connectivity index (χ3n) is 3.95. The van der Waals surface area contributed by atoms with E-state index in [0.717, 1.165) is 12.1 Å². The molecular formula is C18H24N2O6. The van der Waals surface area contributed by atoms with Gasteiger partial charge in [-0.3, -0.25) is 0 Å². The summed E-state index contributed by atoms with van der Waals surface area (Å²) in [6, 6.07) is 4.83. The van der Waals surface area contributed by atoms with E-state index in [1.165, 1.54) is 12.1 Å². The molecule has 0 amide bonds. The van der Waals surface area contributed by atoms with Crippen molar-refractivity contribution in [3.63, 3.8) is 0 Å². The molecule has 2 aromatic rings. The summed E-state index contributed by atoms with van der Waals surface area (Å²) in [5, 5.41) is 64.0. The molecule has 0 aliphatic carbocycles. The highest BCUT2D eigenvalue weighted by molar-refractivity contribution is 5.50. The summed E-state index contributed by atoms with van der Waals surface area (Å²) in [4.78, 5) is 0. The standard InChI is InChI=1S/C18H24N2O6/c1-18(2,20-8-11-4-13(22)6-15(24)17(11)26)9-19-7-10-3-12(21)5-14(23)16(10)25/h3-6,19-26H,7-9H2,1-2H3. The molecule has 0 aliphatic rings. The van der Waals surface area contributed by atoms with E-state index in [1.807, 2.05) is 13.8 Å². The van der Waals surface area contributed by atoms with Crippen LogP contribution in [-0.2, 0) is 13.1 Å². The SMILES string of the molecule is CC(C)(CNCc1cc(O)cc(O)c1O)NCc1cc(O)cc(O)c1O. The number of hydrogen-bond acceptors (Lipinski definition) is 8. The second-order valence-electron chi connectivity index (χ2n) is 6.79. The number of phenols is 6. The van der Waals surface area contributed by atoms with E-state index in [1.54, 1.807) is 0 Å². The predicted octanol–water partition coefficient (Wildman–Crippen LogP) is 1.58. The Morgan fingerprint density at radius 1 is 0.731 bits per heavy atom. The average Bonchev–Trinajstić information content (AvgIpc) is 2.54. The Balaban J connectivity index is 1.93. The Bertz CT molecular complexity index is 792. The molecule has 0 fully saturated rings. The van der Waals surface area contributed by atoms with Gasteiger partial charge in [0.2, 0.25) is 0 Å². The Hall–Kier alpha value is -2.84. The minimum atomic E-state index is -0.442. The Morgan fingerprint density at radius 2 is 1.19 bits per heavy atom. The fraction of sp³-hybridized carbons (Fsp3) is 0.333. The average molecular weight is 364 g/mol. The van der Waals surface area contributed by atoms with E-state index >= 15 is 0 Å². The lowest BCUT2D eigenvalue weighted by molar-refractivity contribution is 0.349. The Morgan fingerprint density at radius 3 is 1.69 bits per heavy atom. The first-order valence-electron chi connectivity index (χ1n) is 8.02. The lowest BCUT2D eigenvalue weighted by Gasteiger charge is -2.27. The van der Waals surface area contributed by atoms with Crippen molar-refractivity contribution in [2.45, 2.75) is 32.5 Å². The molecule has 8 nitrogen and oxygen atoms in total. The fourth-order valence-corrected chi connectivity index (χ4v) is 2.50. The third kappa shape index (κ3) is 4.84. The topological polar surface area (TPSA) is 145 Å². The van der Waals surface area contributed by atoms with Crippen LogP contribution in [0.5, 0.6) is 34.5 Å². The molecule has 142 valence electrons. The van der Waals surface area contributed by atoms with E-state index in [9.17, 15) is 30.6 Å². The maximum absolute atomic E-state index is 9.83. The summed E-state index contributed by atoms with van der Waals surface area (Å²) < 4.78 is 0. The Kier molecular flexibility index (Phi) is 5.69. The van der Waals surface area contributed by atoms with E-state index in [0.29, 0.717) is 17.7 Å². The lowest BCUT2D eigenvalue weighted by atomic mass is 10.0. The van der Waals surface area contributed by atoms with E-state index in [-0.39, 0.29) is 36.1 Å². The van der Waals surface area contributed by atoms with Crippen LogP contribution in [0.15, 0.2) is 24.3 Å². The summed E-state index contributed by atoms with van der Waals surface area (Å²) >= 11 is 0. The summed E-state index contributed by atoms with van der Waals surface area (Å²) in [6.45, 7) is 4.69. The van der Waals surface area contributed by atoms with Crippen LogP contribution in [0.2, 0.25) is 0 Å². The highest BCUT2D eigenvalue weighted by Gasteiger charge is 2.19. The van der Waals surface area contributed by atoms with Gasteiger partial charge in [0.1, 0.15) is 11.5 Å². The molecule has 0 heterocycles. The first-order chi connectivity index (χ1) is 12.1. The lowest BCUT2D eigenvalue weighted by Crippen LogP contribution is -2.47.